The predicted octanol–water partition coefficient (Wildman–Crippen LogP) is 4.00. The van der Waals surface area contributed by atoms with Crippen molar-refractivity contribution in [3.05, 3.63) is 41.1 Å². The first kappa shape index (κ1) is 23.5. The number of fused-ring (bicyclic) bond motifs is 1. The lowest BCUT2D eigenvalue weighted by atomic mass is 9.98. The van der Waals surface area contributed by atoms with Crippen LogP contribution in [0.3, 0.4) is 0 Å². The van der Waals surface area contributed by atoms with Gasteiger partial charge in [-0.15, -0.1) is 0 Å². The molecule has 3 aliphatic rings. The highest BCUT2D eigenvalue weighted by molar-refractivity contribution is 7.89. The summed E-state index contributed by atoms with van der Waals surface area (Å²) in [6.07, 6.45) is 5.23. The van der Waals surface area contributed by atoms with Crippen molar-refractivity contribution >= 4 is 21.8 Å². The van der Waals surface area contributed by atoms with E-state index in [4.69, 9.17) is 9.97 Å². The first-order valence-corrected chi connectivity index (χ1v) is 14.2. The summed E-state index contributed by atoms with van der Waals surface area (Å²) in [7, 11) is -3.57. The first-order valence-electron chi connectivity index (χ1n) is 12.8. The van der Waals surface area contributed by atoms with Gasteiger partial charge in [-0.2, -0.15) is 9.29 Å². The van der Waals surface area contributed by atoms with Crippen LogP contribution < -0.4 is 9.80 Å². The van der Waals surface area contributed by atoms with Crippen molar-refractivity contribution in [1.29, 1.82) is 0 Å². The fourth-order valence-electron chi connectivity index (χ4n) is 5.32. The zero-order valence-corrected chi connectivity index (χ0v) is 21.5. The van der Waals surface area contributed by atoms with Crippen LogP contribution in [0.5, 0.6) is 0 Å². The Morgan fingerprint density at radius 3 is 2.18 bits per heavy atom. The molecule has 2 saturated heterocycles. The summed E-state index contributed by atoms with van der Waals surface area (Å²) < 4.78 is 28.6. The number of rotatable bonds is 4. The summed E-state index contributed by atoms with van der Waals surface area (Å²) in [6, 6.07) is 7.20. The maximum absolute atomic E-state index is 13.5. The number of piperidine rings is 2. The van der Waals surface area contributed by atoms with Crippen LogP contribution in [0.4, 0.5) is 11.8 Å². The molecule has 3 aliphatic heterocycles. The van der Waals surface area contributed by atoms with Crippen LogP contribution in [-0.4, -0.2) is 55.4 Å². The van der Waals surface area contributed by atoms with Crippen LogP contribution >= 0.6 is 0 Å². The van der Waals surface area contributed by atoms with Gasteiger partial charge >= 0.3 is 0 Å². The molecule has 5 rings (SSSR count). The molecule has 0 amide bonds. The van der Waals surface area contributed by atoms with E-state index in [1.54, 1.807) is 16.4 Å². The Morgan fingerprint density at radius 2 is 1.53 bits per heavy atom. The molecular formula is C26H37N5O2S. The number of hydrogen-bond donors (Lipinski definition) is 0. The fraction of sp³-hybridized carbons (Fsp3) is 0.615. The molecule has 0 bridgehead atoms. The third kappa shape index (κ3) is 4.67. The van der Waals surface area contributed by atoms with Crippen molar-refractivity contribution < 1.29 is 8.42 Å². The van der Waals surface area contributed by atoms with Crippen molar-refractivity contribution in [2.24, 2.45) is 11.8 Å². The molecule has 1 aromatic carbocycles. The number of anilines is 2. The van der Waals surface area contributed by atoms with Gasteiger partial charge in [0.2, 0.25) is 16.0 Å². The highest BCUT2D eigenvalue weighted by Crippen LogP contribution is 2.34. The molecule has 0 atom stereocenters. The lowest BCUT2D eigenvalue weighted by molar-refractivity contribution is 0.383. The number of aryl methyl sites for hydroxylation is 1. The Balaban J connectivity index is 1.49. The van der Waals surface area contributed by atoms with E-state index in [-0.39, 0.29) is 0 Å². The van der Waals surface area contributed by atoms with Gasteiger partial charge in [-0.25, -0.2) is 13.4 Å². The van der Waals surface area contributed by atoms with E-state index in [1.165, 1.54) is 12.8 Å². The van der Waals surface area contributed by atoms with Gasteiger partial charge in [0.25, 0.3) is 0 Å². The van der Waals surface area contributed by atoms with Crippen molar-refractivity contribution in [3.8, 4) is 0 Å². The van der Waals surface area contributed by atoms with Crippen LogP contribution in [0.1, 0.15) is 56.4 Å². The smallest absolute Gasteiger partial charge is 0.243 e. The van der Waals surface area contributed by atoms with Gasteiger partial charge in [-0.3, -0.25) is 0 Å². The van der Waals surface area contributed by atoms with Crippen LogP contribution in [0.2, 0.25) is 0 Å². The third-order valence-corrected chi connectivity index (χ3v) is 9.61. The van der Waals surface area contributed by atoms with Gasteiger partial charge in [0.1, 0.15) is 5.82 Å². The van der Waals surface area contributed by atoms with E-state index in [1.807, 2.05) is 19.1 Å². The average Bonchev–Trinajstić information content (AvgIpc) is 2.84. The number of aromatic nitrogens is 2. The van der Waals surface area contributed by atoms with Gasteiger partial charge in [0.05, 0.1) is 10.6 Å². The minimum Gasteiger partial charge on any atom is -0.356 e. The lowest BCUT2D eigenvalue weighted by Gasteiger charge is -2.37. The molecule has 0 saturated carbocycles. The van der Waals surface area contributed by atoms with Crippen molar-refractivity contribution in [3.63, 3.8) is 0 Å². The zero-order chi connectivity index (χ0) is 23.9. The number of sulfonamides is 1. The molecule has 4 heterocycles. The second kappa shape index (κ2) is 9.46. The molecule has 7 nitrogen and oxygen atoms in total. The van der Waals surface area contributed by atoms with Crippen molar-refractivity contribution in [2.45, 2.75) is 64.3 Å². The Kier molecular flexibility index (Phi) is 6.55. The largest absolute Gasteiger partial charge is 0.356 e. The SMILES string of the molecule is Cc1cccc(S(=O)(=O)N2CCc3nc(N4CCC(C)CC4)nc(N4CCC(C)CC4)c3C2)c1. The number of hydrogen-bond acceptors (Lipinski definition) is 6. The van der Waals surface area contributed by atoms with E-state index in [0.29, 0.717) is 24.4 Å². The summed E-state index contributed by atoms with van der Waals surface area (Å²) in [5.74, 6) is 3.25. The second-order valence-electron chi connectivity index (χ2n) is 10.5. The molecule has 0 radical (unpaired) electrons. The summed E-state index contributed by atoms with van der Waals surface area (Å²) in [6.45, 7) is 11.2. The third-order valence-electron chi connectivity index (χ3n) is 7.77. The van der Waals surface area contributed by atoms with Gasteiger partial charge < -0.3 is 9.80 Å². The lowest BCUT2D eigenvalue weighted by Crippen LogP contribution is -2.41. The van der Waals surface area contributed by atoms with E-state index >= 15 is 0 Å². The first-order chi connectivity index (χ1) is 16.3. The normalized spacial score (nSPS) is 21.0. The fourth-order valence-corrected chi connectivity index (χ4v) is 6.84. The molecule has 8 heteroatoms. The quantitative estimate of drug-likeness (QED) is 0.655. The van der Waals surface area contributed by atoms with Gasteiger partial charge in [-0.05, 0) is 62.1 Å². The Morgan fingerprint density at radius 1 is 0.882 bits per heavy atom. The Hall–Kier alpha value is -2.19. The maximum atomic E-state index is 13.5. The van der Waals surface area contributed by atoms with E-state index in [9.17, 15) is 8.42 Å². The molecule has 34 heavy (non-hydrogen) atoms. The molecule has 0 aliphatic carbocycles. The summed E-state index contributed by atoms with van der Waals surface area (Å²) in [5.41, 5.74) is 2.96. The van der Waals surface area contributed by atoms with Crippen LogP contribution in [-0.2, 0) is 23.0 Å². The van der Waals surface area contributed by atoms with Gasteiger partial charge in [0.15, 0.2) is 0 Å². The molecule has 184 valence electrons. The molecule has 1 aromatic heterocycles. The minimum atomic E-state index is -3.57. The van der Waals surface area contributed by atoms with Crippen LogP contribution in [0, 0.1) is 18.8 Å². The standard InChI is InChI=1S/C26H37N5O2S/c1-19-7-12-29(13-8-19)25-23-18-31(34(32,33)22-6-4-5-21(3)17-22)16-11-24(23)27-26(28-25)30-14-9-20(2)10-15-30/h4-6,17,19-20H,7-16,18H2,1-3H3. The summed E-state index contributed by atoms with van der Waals surface area (Å²) >= 11 is 0. The molecule has 0 spiro atoms. The molecule has 2 aromatic rings. The minimum absolute atomic E-state index is 0.338. The molecule has 0 N–H and O–H groups in total. The molecular weight excluding hydrogens is 446 g/mol. The number of benzene rings is 1. The average molecular weight is 484 g/mol. The van der Waals surface area contributed by atoms with Crippen LogP contribution in [0.15, 0.2) is 29.2 Å². The highest BCUT2D eigenvalue weighted by atomic mass is 32.2. The van der Waals surface area contributed by atoms with E-state index in [0.717, 1.165) is 79.4 Å². The van der Waals surface area contributed by atoms with E-state index in [2.05, 4.69) is 23.6 Å². The van der Waals surface area contributed by atoms with Gasteiger partial charge in [0, 0.05) is 51.3 Å². The van der Waals surface area contributed by atoms with Crippen LogP contribution in [0.25, 0.3) is 0 Å². The van der Waals surface area contributed by atoms with Crippen molar-refractivity contribution in [1.82, 2.24) is 14.3 Å². The maximum Gasteiger partial charge on any atom is 0.243 e. The Bertz CT molecular complexity index is 1140. The van der Waals surface area contributed by atoms with Gasteiger partial charge in [-0.1, -0.05) is 26.0 Å². The topological polar surface area (TPSA) is 69.6 Å². The monoisotopic (exact) mass is 483 g/mol. The molecule has 2 fully saturated rings. The zero-order valence-electron chi connectivity index (χ0n) is 20.7. The van der Waals surface area contributed by atoms with E-state index < -0.39 is 10.0 Å². The predicted molar refractivity (Wildman–Crippen MR) is 136 cm³/mol. The molecule has 0 unspecified atom stereocenters. The number of nitrogens with zero attached hydrogens (tertiary/aromatic N) is 5. The van der Waals surface area contributed by atoms with Crippen molar-refractivity contribution in [2.75, 3.05) is 42.5 Å². The highest BCUT2D eigenvalue weighted by Gasteiger charge is 2.34. The second-order valence-corrected chi connectivity index (χ2v) is 12.5. The Labute approximate surface area is 204 Å². The summed E-state index contributed by atoms with van der Waals surface area (Å²) in [5, 5.41) is 0. The summed E-state index contributed by atoms with van der Waals surface area (Å²) in [4.78, 5) is 15.2.